The van der Waals surface area contributed by atoms with Gasteiger partial charge in [-0.25, -0.2) is 4.98 Å². The molecule has 0 saturated carbocycles. The number of nitrogens with one attached hydrogen (secondary N) is 1. The molecule has 10 heteroatoms. The minimum Gasteiger partial charge on any atom is -0.364 e. The minimum absolute atomic E-state index is 0.00849. The molecule has 3 fully saturated rings. The van der Waals surface area contributed by atoms with Crippen LogP contribution in [0.25, 0.3) is 0 Å². The SMILES string of the molecule is NC(=O)c1cn(C[C@H]2C[C@@H]3CCN2C[C@@H]3C(=O)Nc2nccs2)nn1. The molecule has 0 radical (unpaired) electrons. The maximum atomic E-state index is 12.5. The van der Waals surface area contributed by atoms with Crippen molar-refractivity contribution in [2.24, 2.45) is 17.6 Å². The monoisotopic (exact) mass is 361 g/mol. The van der Waals surface area contributed by atoms with Crippen molar-refractivity contribution in [3.63, 3.8) is 0 Å². The molecule has 4 atom stereocenters. The van der Waals surface area contributed by atoms with Crippen LogP contribution in [-0.2, 0) is 11.3 Å². The average Bonchev–Trinajstić information content (AvgIpc) is 3.27. The van der Waals surface area contributed by atoms with Crippen LogP contribution in [-0.4, -0.2) is 55.8 Å². The summed E-state index contributed by atoms with van der Waals surface area (Å²) in [5.74, 6) is -0.171. The molecule has 25 heavy (non-hydrogen) atoms. The van der Waals surface area contributed by atoms with Crippen molar-refractivity contribution in [3.8, 4) is 0 Å². The third-order valence-electron chi connectivity index (χ3n) is 5.07. The largest absolute Gasteiger partial charge is 0.364 e. The quantitative estimate of drug-likeness (QED) is 0.784. The first-order valence-electron chi connectivity index (χ1n) is 8.24. The van der Waals surface area contributed by atoms with Crippen LogP contribution < -0.4 is 11.1 Å². The van der Waals surface area contributed by atoms with Gasteiger partial charge in [0.25, 0.3) is 5.91 Å². The number of nitrogens with zero attached hydrogens (tertiary/aromatic N) is 5. The van der Waals surface area contributed by atoms with E-state index in [-0.39, 0.29) is 17.5 Å². The van der Waals surface area contributed by atoms with Gasteiger partial charge in [0.15, 0.2) is 10.8 Å². The standard InChI is InChI=1S/C15H19N7O2S/c16-13(23)12-8-22(20-19-12)6-10-5-9-1-3-21(10)7-11(9)14(24)18-15-17-2-4-25-15/h2,4,8-11H,1,3,5-7H2,(H2,16,23)(H,17,18,24)/t9-,10+,11-/m0/s1. The molecule has 132 valence electrons. The Balaban J connectivity index is 1.39. The summed E-state index contributed by atoms with van der Waals surface area (Å²) < 4.78 is 1.66. The maximum Gasteiger partial charge on any atom is 0.270 e. The Morgan fingerprint density at radius 3 is 2.96 bits per heavy atom. The number of aromatic nitrogens is 4. The van der Waals surface area contributed by atoms with Crippen LogP contribution in [0.4, 0.5) is 5.13 Å². The van der Waals surface area contributed by atoms with Crippen LogP contribution in [0.3, 0.4) is 0 Å². The van der Waals surface area contributed by atoms with Crippen molar-refractivity contribution in [2.75, 3.05) is 18.4 Å². The molecule has 2 aromatic heterocycles. The van der Waals surface area contributed by atoms with Crippen molar-refractivity contribution >= 4 is 28.3 Å². The lowest BCUT2D eigenvalue weighted by Gasteiger charge is -2.49. The summed E-state index contributed by atoms with van der Waals surface area (Å²) in [6.07, 6.45) is 5.22. The molecule has 5 heterocycles. The highest BCUT2D eigenvalue weighted by atomic mass is 32.1. The lowest BCUT2D eigenvalue weighted by atomic mass is 9.75. The van der Waals surface area contributed by atoms with E-state index in [0.717, 1.165) is 25.9 Å². The topological polar surface area (TPSA) is 119 Å². The van der Waals surface area contributed by atoms with E-state index in [2.05, 4.69) is 25.5 Å². The maximum absolute atomic E-state index is 12.5. The van der Waals surface area contributed by atoms with Crippen molar-refractivity contribution in [1.29, 1.82) is 0 Å². The number of rotatable bonds is 5. The molecule has 5 rings (SSSR count). The van der Waals surface area contributed by atoms with Gasteiger partial charge >= 0.3 is 0 Å². The van der Waals surface area contributed by atoms with E-state index in [4.69, 9.17) is 5.73 Å². The molecule has 3 aliphatic heterocycles. The number of fused-ring (bicyclic) bond motifs is 3. The fraction of sp³-hybridized carbons (Fsp3) is 0.533. The third-order valence-corrected chi connectivity index (χ3v) is 5.76. The summed E-state index contributed by atoms with van der Waals surface area (Å²) in [5.41, 5.74) is 5.39. The third kappa shape index (κ3) is 3.27. The second kappa shape index (κ2) is 6.52. The zero-order chi connectivity index (χ0) is 17.4. The Bertz CT molecular complexity index is 775. The van der Waals surface area contributed by atoms with Crippen LogP contribution in [0.2, 0.25) is 0 Å². The van der Waals surface area contributed by atoms with Gasteiger partial charge in [-0.3, -0.25) is 19.2 Å². The normalized spacial score (nSPS) is 28.0. The number of hydrogen-bond acceptors (Lipinski definition) is 7. The van der Waals surface area contributed by atoms with Crippen LogP contribution in [0.15, 0.2) is 17.8 Å². The van der Waals surface area contributed by atoms with Crippen molar-refractivity contribution < 1.29 is 9.59 Å². The number of piperidine rings is 3. The van der Waals surface area contributed by atoms with Gasteiger partial charge in [-0.15, -0.1) is 16.4 Å². The van der Waals surface area contributed by atoms with Crippen LogP contribution in [0.5, 0.6) is 0 Å². The van der Waals surface area contributed by atoms with Gasteiger partial charge in [0.2, 0.25) is 5.91 Å². The van der Waals surface area contributed by atoms with Crippen LogP contribution >= 0.6 is 11.3 Å². The van der Waals surface area contributed by atoms with E-state index in [9.17, 15) is 9.59 Å². The Labute approximate surface area is 148 Å². The lowest BCUT2D eigenvalue weighted by Crippen LogP contribution is -2.57. The summed E-state index contributed by atoms with van der Waals surface area (Å²) >= 11 is 1.43. The number of thiazole rings is 1. The van der Waals surface area contributed by atoms with Gasteiger partial charge in [-0.1, -0.05) is 5.21 Å². The summed E-state index contributed by atoms with van der Waals surface area (Å²) in [5, 5.41) is 13.2. The first-order chi connectivity index (χ1) is 12.1. The second-order valence-electron chi connectivity index (χ2n) is 6.56. The summed E-state index contributed by atoms with van der Waals surface area (Å²) in [6, 6.07) is 0.296. The number of primary amides is 1. The molecule has 3 saturated heterocycles. The number of carbonyl (C=O) groups is 2. The fourth-order valence-corrected chi connectivity index (χ4v) is 4.36. The van der Waals surface area contributed by atoms with Crippen LogP contribution in [0.1, 0.15) is 23.3 Å². The highest BCUT2D eigenvalue weighted by Crippen LogP contribution is 2.37. The average molecular weight is 361 g/mol. The van der Waals surface area contributed by atoms with E-state index >= 15 is 0 Å². The first-order valence-corrected chi connectivity index (χ1v) is 9.12. The molecule has 3 aliphatic rings. The van der Waals surface area contributed by atoms with Crippen molar-refractivity contribution in [2.45, 2.75) is 25.4 Å². The smallest absolute Gasteiger partial charge is 0.270 e. The zero-order valence-electron chi connectivity index (χ0n) is 13.5. The van der Waals surface area contributed by atoms with Crippen molar-refractivity contribution in [1.82, 2.24) is 24.9 Å². The van der Waals surface area contributed by atoms with E-state index < -0.39 is 5.91 Å². The predicted molar refractivity (Wildman–Crippen MR) is 90.9 cm³/mol. The van der Waals surface area contributed by atoms with Gasteiger partial charge < -0.3 is 11.1 Å². The van der Waals surface area contributed by atoms with Gasteiger partial charge in [-0.2, -0.15) is 0 Å². The molecule has 2 bridgehead atoms. The molecule has 3 N–H and O–H groups in total. The number of nitrogens with two attached hydrogens (primary N) is 1. The van der Waals surface area contributed by atoms with Gasteiger partial charge in [0.05, 0.1) is 18.7 Å². The number of anilines is 1. The summed E-state index contributed by atoms with van der Waals surface area (Å²) in [4.78, 5) is 30.1. The van der Waals surface area contributed by atoms with Gasteiger partial charge in [-0.05, 0) is 25.3 Å². The predicted octanol–water partition coefficient (Wildman–Crippen LogP) is 0.183. The molecule has 2 aromatic rings. The Morgan fingerprint density at radius 1 is 1.44 bits per heavy atom. The second-order valence-corrected chi connectivity index (χ2v) is 7.45. The van der Waals surface area contributed by atoms with Gasteiger partial charge in [0.1, 0.15) is 0 Å². The molecule has 0 aliphatic carbocycles. The Kier molecular flexibility index (Phi) is 4.22. The molecular weight excluding hydrogens is 342 g/mol. The number of hydrogen-bond donors (Lipinski definition) is 2. The van der Waals surface area contributed by atoms with Gasteiger partial charge in [0, 0.05) is 24.2 Å². The molecule has 1 unspecified atom stereocenters. The molecular formula is C15H19N7O2S. The fourth-order valence-electron chi connectivity index (χ4n) is 3.82. The Hall–Kier alpha value is -2.33. The highest BCUT2D eigenvalue weighted by molar-refractivity contribution is 7.13. The van der Waals surface area contributed by atoms with Crippen molar-refractivity contribution in [3.05, 3.63) is 23.5 Å². The first kappa shape index (κ1) is 16.2. The number of carbonyl (C=O) groups excluding carboxylic acids is 2. The van der Waals surface area contributed by atoms with E-state index in [0.29, 0.717) is 23.6 Å². The molecule has 0 spiro atoms. The molecule has 2 amide bonds. The number of amides is 2. The highest BCUT2D eigenvalue weighted by Gasteiger charge is 2.43. The van der Waals surface area contributed by atoms with E-state index in [1.165, 1.54) is 11.3 Å². The summed E-state index contributed by atoms with van der Waals surface area (Å²) in [7, 11) is 0. The van der Waals surface area contributed by atoms with E-state index in [1.54, 1.807) is 17.1 Å². The van der Waals surface area contributed by atoms with Crippen LogP contribution in [0, 0.1) is 11.8 Å². The molecule has 0 aromatic carbocycles. The lowest BCUT2D eigenvalue weighted by molar-refractivity contribution is -0.127. The minimum atomic E-state index is -0.573. The Morgan fingerprint density at radius 2 is 2.32 bits per heavy atom. The summed E-state index contributed by atoms with van der Waals surface area (Å²) in [6.45, 7) is 2.37. The van der Waals surface area contributed by atoms with E-state index in [1.807, 2.05) is 5.38 Å². The molecule has 9 nitrogen and oxygen atoms in total. The zero-order valence-corrected chi connectivity index (χ0v) is 14.4.